The molecule has 1 saturated heterocycles. The second kappa shape index (κ2) is 6.04. The van der Waals surface area contributed by atoms with Crippen LogP contribution in [0.5, 0.6) is 0 Å². The van der Waals surface area contributed by atoms with Crippen LogP contribution in [0.4, 0.5) is 0 Å². The third kappa shape index (κ3) is 3.37. The van der Waals surface area contributed by atoms with Crippen LogP contribution in [0.3, 0.4) is 0 Å². The Balaban J connectivity index is 1.66. The molecule has 0 spiro atoms. The van der Waals surface area contributed by atoms with Crippen molar-refractivity contribution < 1.29 is 9.80 Å². The van der Waals surface area contributed by atoms with Crippen molar-refractivity contribution in [2.75, 3.05) is 39.8 Å². The number of nitrogens with one attached hydrogen (secondary N) is 2. The number of allylic oxidation sites excluding steroid dienone is 2. The second-order valence-electron chi connectivity index (χ2n) is 8.88. The topological polar surface area (TPSA) is 8.88 Å². The lowest BCUT2D eigenvalue weighted by Crippen LogP contribution is -3.27. The van der Waals surface area contributed by atoms with Crippen molar-refractivity contribution >= 4 is 0 Å². The largest absolute Gasteiger partial charge is 0.328 e. The summed E-state index contributed by atoms with van der Waals surface area (Å²) in [6, 6.07) is 0. The summed E-state index contributed by atoms with van der Waals surface area (Å²) >= 11 is 0. The van der Waals surface area contributed by atoms with Gasteiger partial charge in [0.05, 0.1) is 13.6 Å². The average Bonchev–Trinajstić information content (AvgIpc) is 2.42. The van der Waals surface area contributed by atoms with E-state index in [1.165, 1.54) is 64.8 Å². The fourth-order valence-electron chi connectivity index (χ4n) is 5.07. The number of hydrogen-bond acceptors (Lipinski definition) is 0. The highest BCUT2D eigenvalue weighted by Gasteiger charge is 2.38. The summed E-state index contributed by atoms with van der Waals surface area (Å²) in [5.74, 6) is 1.85. The Morgan fingerprint density at radius 1 is 1.10 bits per heavy atom. The van der Waals surface area contributed by atoms with E-state index in [-0.39, 0.29) is 0 Å². The number of rotatable bonds is 2. The van der Waals surface area contributed by atoms with Crippen LogP contribution in [-0.4, -0.2) is 39.8 Å². The molecule has 1 fully saturated rings. The van der Waals surface area contributed by atoms with Crippen LogP contribution in [0.1, 0.15) is 52.9 Å². The van der Waals surface area contributed by atoms with Crippen LogP contribution in [0, 0.1) is 17.3 Å². The van der Waals surface area contributed by atoms with Crippen molar-refractivity contribution in [1.29, 1.82) is 0 Å². The van der Waals surface area contributed by atoms with Gasteiger partial charge < -0.3 is 9.80 Å². The second-order valence-corrected chi connectivity index (χ2v) is 8.88. The molecule has 2 nitrogen and oxygen atoms in total. The van der Waals surface area contributed by atoms with Gasteiger partial charge in [-0.25, -0.2) is 0 Å². The molecule has 0 unspecified atom stereocenters. The zero-order valence-electron chi connectivity index (χ0n) is 14.7. The van der Waals surface area contributed by atoms with Gasteiger partial charge in [-0.3, -0.25) is 0 Å². The Morgan fingerprint density at radius 2 is 1.81 bits per heavy atom. The molecule has 0 amide bonds. The fourth-order valence-corrected chi connectivity index (χ4v) is 5.07. The van der Waals surface area contributed by atoms with E-state index in [1.807, 2.05) is 16.0 Å². The first kappa shape index (κ1) is 15.6. The third-order valence-electron chi connectivity index (χ3n) is 6.72. The molecular formula is C19H36N2+2. The van der Waals surface area contributed by atoms with Gasteiger partial charge in [-0.2, -0.15) is 0 Å². The summed E-state index contributed by atoms with van der Waals surface area (Å²) in [6.45, 7) is 14.5. The minimum atomic E-state index is 0.494. The lowest BCUT2D eigenvalue weighted by molar-refractivity contribution is -1.01. The summed E-state index contributed by atoms with van der Waals surface area (Å²) < 4.78 is 0. The summed E-state index contributed by atoms with van der Waals surface area (Å²) in [5, 5.41) is 0. The van der Waals surface area contributed by atoms with Crippen molar-refractivity contribution in [3.8, 4) is 0 Å². The molecule has 2 atom stereocenters. The van der Waals surface area contributed by atoms with Gasteiger partial charge >= 0.3 is 0 Å². The maximum absolute atomic E-state index is 2.52. The standard InChI is InChI=1S/C19H34N2/c1-15-12-16-6-5-7-19(2,3)18(16)13-17(15)14-21-10-8-20(4)9-11-21/h15,17H,5-14H2,1-4H3/p+2/t15-,17+/m0/s1. The molecule has 0 aromatic carbocycles. The molecule has 0 saturated carbocycles. The highest BCUT2D eigenvalue weighted by molar-refractivity contribution is 5.27. The molecule has 1 heterocycles. The van der Waals surface area contributed by atoms with Crippen LogP contribution < -0.4 is 9.80 Å². The number of likely N-dealkylation sites (N-methyl/N-ethyl adjacent to an activating group) is 1. The molecule has 120 valence electrons. The molecule has 3 aliphatic rings. The predicted octanol–water partition coefficient (Wildman–Crippen LogP) is 0.952. The van der Waals surface area contributed by atoms with Gasteiger partial charge in [0, 0.05) is 5.92 Å². The third-order valence-corrected chi connectivity index (χ3v) is 6.72. The molecule has 2 N–H and O–H groups in total. The van der Waals surface area contributed by atoms with E-state index in [4.69, 9.17) is 0 Å². The molecular weight excluding hydrogens is 256 g/mol. The van der Waals surface area contributed by atoms with Crippen molar-refractivity contribution in [1.82, 2.24) is 0 Å². The number of piperazine rings is 1. The predicted molar refractivity (Wildman–Crippen MR) is 88.7 cm³/mol. The maximum atomic E-state index is 2.52. The van der Waals surface area contributed by atoms with Gasteiger partial charge in [0.2, 0.25) is 0 Å². The lowest BCUT2D eigenvalue weighted by atomic mass is 9.63. The Bertz CT molecular complexity index is 402. The van der Waals surface area contributed by atoms with E-state index in [0.29, 0.717) is 5.41 Å². The highest BCUT2D eigenvalue weighted by Crippen LogP contribution is 2.49. The number of hydrogen-bond donors (Lipinski definition) is 2. The average molecular weight is 293 g/mol. The van der Waals surface area contributed by atoms with Crippen molar-refractivity contribution in [3.05, 3.63) is 11.1 Å². The normalized spacial score (nSPS) is 40.0. The van der Waals surface area contributed by atoms with Crippen LogP contribution in [-0.2, 0) is 0 Å². The monoisotopic (exact) mass is 292 g/mol. The molecule has 0 aromatic rings. The van der Waals surface area contributed by atoms with E-state index in [1.54, 1.807) is 4.90 Å². The van der Waals surface area contributed by atoms with Crippen LogP contribution in [0.2, 0.25) is 0 Å². The maximum Gasteiger partial charge on any atom is 0.127 e. The molecule has 1 aliphatic heterocycles. The van der Waals surface area contributed by atoms with Gasteiger partial charge in [-0.05, 0) is 43.4 Å². The molecule has 21 heavy (non-hydrogen) atoms. The zero-order chi connectivity index (χ0) is 15.0. The van der Waals surface area contributed by atoms with E-state index in [9.17, 15) is 0 Å². The molecule has 3 rings (SSSR count). The Labute approximate surface area is 131 Å². The molecule has 0 radical (unpaired) electrons. The molecule has 0 aromatic heterocycles. The minimum Gasteiger partial charge on any atom is -0.328 e. The summed E-state index contributed by atoms with van der Waals surface area (Å²) in [4.78, 5) is 3.61. The molecule has 2 heteroatoms. The first-order valence-corrected chi connectivity index (χ1v) is 9.32. The van der Waals surface area contributed by atoms with Crippen LogP contribution >= 0.6 is 0 Å². The summed E-state index contributed by atoms with van der Waals surface area (Å²) in [7, 11) is 2.35. The number of quaternary nitrogens is 2. The molecule has 2 aliphatic carbocycles. The quantitative estimate of drug-likeness (QED) is 0.702. The van der Waals surface area contributed by atoms with E-state index < -0.39 is 0 Å². The van der Waals surface area contributed by atoms with E-state index >= 15 is 0 Å². The first-order chi connectivity index (χ1) is 9.95. The first-order valence-electron chi connectivity index (χ1n) is 9.32. The van der Waals surface area contributed by atoms with Crippen molar-refractivity contribution in [2.45, 2.75) is 52.9 Å². The lowest BCUT2D eigenvalue weighted by Gasteiger charge is -2.43. The zero-order valence-corrected chi connectivity index (χ0v) is 14.7. The fraction of sp³-hybridized carbons (Fsp3) is 0.895. The minimum absolute atomic E-state index is 0.494. The Morgan fingerprint density at radius 3 is 2.52 bits per heavy atom. The van der Waals surface area contributed by atoms with Crippen molar-refractivity contribution in [3.63, 3.8) is 0 Å². The highest BCUT2D eigenvalue weighted by atomic mass is 15.2. The van der Waals surface area contributed by atoms with Crippen LogP contribution in [0.25, 0.3) is 0 Å². The summed E-state index contributed by atoms with van der Waals surface area (Å²) in [5.41, 5.74) is 4.22. The Hall–Kier alpha value is -0.340. The Kier molecular flexibility index (Phi) is 4.47. The van der Waals surface area contributed by atoms with Gasteiger partial charge in [0.15, 0.2) is 0 Å². The van der Waals surface area contributed by atoms with E-state index in [2.05, 4.69) is 27.8 Å². The smallest absolute Gasteiger partial charge is 0.127 e. The van der Waals surface area contributed by atoms with Gasteiger partial charge in [-0.15, -0.1) is 0 Å². The van der Waals surface area contributed by atoms with E-state index in [0.717, 1.165) is 11.8 Å². The SMILES string of the molecule is C[C@H]1CC2=C(C[C@@H]1C[NH+]1CC[NH+](C)CC1)C(C)(C)CCC2. The van der Waals surface area contributed by atoms with Crippen LogP contribution in [0.15, 0.2) is 11.1 Å². The van der Waals surface area contributed by atoms with Gasteiger partial charge in [0.1, 0.15) is 26.2 Å². The molecule has 0 bridgehead atoms. The van der Waals surface area contributed by atoms with Gasteiger partial charge in [-0.1, -0.05) is 31.9 Å². The van der Waals surface area contributed by atoms with Gasteiger partial charge in [0.25, 0.3) is 0 Å². The summed E-state index contributed by atoms with van der Waals surface area (Å²) in [6.07, 6.45) is 7.06. The van der Waals surface area contributed by atoms with Crippen molar-refractivity contribution in [2.24, 2.45) is 17.3 Å².